The van der Waals surface area contributed by atoms with Gasteiger partial charge in [-0.05, 0) is 60.4 Å². The molecule has 2 aliphatic rings. The van der Waals surface area contributed by atoms with Crippen LogP contribution in [0.1, 0.15) is 54.2 Å². The summed E-state index contributed by atoms with van der Waals surface area (Å²) in [5.74, 6) is 1.06. The summed E-state index contributed by atoms with van der Waals surface area (Å²) in [5.41, 5.74) is 4.24. The number of hydrogen-bond acceptors (Lipinski definition) is 1. The van der Waals surface area contributed by atoms with Gasteiger partial charge >= 0.3 is 0 Å². The second kappa shape index (κ2) is 6.47. The van der Waals surface area contributed by atoms with E-state index in [4.69, 9.17) is 23.2 Å². The van der Waals surface area contributed by atoms with Crippen LogP contribution in [0.2, 0.25) is 10.0 Å². The molecule has 0 bridgehead atoms. The molecule has 0 saturated heterocycles. The van der Waals surface area contributed by atoms with E-state index in [1.165, 1.54) is 42.4 Å². The molecule has 120 valence electrons. The zero-order valence-electron chi connectivity index (χ0n) is 13.1. The smallest absolute Gasteiger partial charge is 0.0595 e. The van der Waals surface area contributed by atoms with Crippen LogP contribution in [0.5, 0.6) is 0 Å². The largest absolute Gasteiger partial charge is 0.313 e. The summed E-state index contributed by atoms with van der Waals surface area (Å²) in [4.78, 5) is 0. The Morgan fingerprint density at radius 3 is 2.39 bits per heavy atom. The molecule has 3 heteroatoms. The normalized spacial score (nSPS) is 23.6. The first-order valence-corrected chi connectivity index (χ1v) is 9.25. The van der Waals surface area contributed by atoms with Gasteiger partial charge in [0.2, 0.25) is 0 Å². The summed E-state index contributed by atoms with van der Waals surface area (Å²) in [5, 5.41) is 4.98. The van der Waals surface area contributed by atoms with Crippen molar-refractivity contribution in [3.05, 3.63) is 69.2 Å². The first kappa shape index (κ1) is 15.5. The monoisotopic (exact) mass is 345 g/mol. The van der Waals surface area contributed by atoms with Crippen molar-refractivity contribution in [2.24, 2.45) is 0 Å². The summed E-state index contributed by atoms with van der Waals surface area (Å²) in [6.07, 6.45) is 5.09. The highest BCUT2D eigenvalue weighted by Crippen LogP contribution is 2.43. The topological polar surface area (TPSA) is 12.0 Å². The second-order valence-corrected chi connectivity index (χ2v) is 7.63. The Labute approximate surface area is 148 Å². The van der Waals surface area contributed by atoms with Gasteiger partial charge < -0.3 is 5.32 Å². The molecule has 0 unspecified atom stereocenters. The molecule has 2 atom stereocenters. The lowest BCUT2D eigenvalue weighted by atomic mass is 9.74. The predicted octanol–water partition coefficient (Wildman–Crippen LogP) is 5.75. The first-order chi connectivity index (χ1) is 11.2. The fourth-order valence-electron chi connectivity index (χ4n) is 3.76. The lowest BCUT2D eigenvalue weighted by Gasteiger charge is -2.32. The van der Waals surface area contributed by atoms with E-state index in [-0.39, 0.29) is 0 Å². The molecular weight excluding hydrogens is 325 g/mol. The molecule has 0 aromatic heterocycles. The Hall–Kier alpha value is -1.02. The van der Waals surface area contributed by atoms with Gasteiger partial charge in [-0.1, -0.05) is 53.5 Å². The molecular formula is C20H21Cl2N. The van der Waals surface area contributed by atoms with Crippen LogP contribution in [0.4, 0.5) is 0 Å². The first-order valence-electron chi connectivity index (χ1n) is 8.49. The van der Waals surface area contributed by atoms with Crippen LogP contribution in [0.15, 0.2) is 42.5 Å². The van der Waals surface area contributed by atoms with E-state index in [0.717, 1.165) is 12.6 Å². The van der Waals surface area contributed by atoms with Gasteiger partial charge in [-0.2, -0.15) is 0 Å². The van der Waals surface area contributed by atoms with Gasteiger partial charge in [0.1, 0.15) is 0 Å². The molecule has 2 aliphatic carbocycles. The summed E-state index contributed by atoms with van der Waals surface area (Å²) >= 11 is 12.3. The van der Waals surface area contributed by atoms with Crippen molar-refractivity contribution < 1.29 is 0 Å². The Morgan fingerprint density at radius 1 is 0.870 bits per heavy atom. The SMILES string of the molecule is Clc1ccc([C@@H]2CC[C@H](CNC3CC3)c3ccccc32)cc1Cl. The third-order valence-corrected chi connectivity index (χ3v) is 5.93. The zero-order chi connectivity index (χ0) is 15.8. The van der Waals surface area contributed by atoms with E-state index >= 15 is 0 Å². The van der Waals surface area contributed by atoms with E-state index < -0.39 is 0 Å². The molecule has 0 aliphatic heterocycles. The highest BCUT2D eigenvalue weighted by Gasteiger charge is 2.29. The Morgan fingerprint density at radius 2 is 1.65 bits per heavy atom. The maximum absolute atomic E-state index is 6.24. The average Bonchev–Trinajstić information content (AvgIpc) is 3.39. The van der Waals surface area contributed by atoms with Crippen LogP contribution in [-0.2, 0) is 0 Å². The molecule has 1 saturated carbocycles. The van der Waals surface area contributed by atoms with Crippen LogP contribution < -0.4 is 5.32 Å². The summed E-state index contributed by atoms with van der Waals surface area (Å²) in [7, 11) is 0. The van der Waals surface area contributed by atoms with Gasteiger partial charge in [-0.25, -0.2) is 0 Å². The summed E-state index contributed by atoms with van der Waals surface area (Å²) < 4.78 is 0. The highest BCUT2D eigenvalue weighted by atomic mass is 35.5. The minimum absolute atomic E-state index is 0.429. The van der Waals surface area contributed by atoms with Crippen molar-refractivity contribution in [3.8, 4) is 0 Å². The minimum atomic E-state index is 0.429. The molecule has 2 aromatic carbocycles. The van der Waals surface area contributed by atoms with E-state index in [1.807, 2.05) is 12.1 Å². The fraction of sp³-hybridized carbons (Fsp3) is 0.400. The molecule has 0 amide bonds. The van der Waals surface area contributed by atoms with Crippen LogP contribution in [0.25, 0.3) is 0 Å². The van der Waals surface area contributed by atoms with Crippen molar-refractivity contribution in [1.29, 1.82) is 0 Å². The van der Waals surface area contributed by atoms with E-state index in [1.54, 1.807) is 0 Å². The summed E-state index contributed by atoms with van der Waals surface area (Å²) in [6, 6.07) is 15.8. The quantitative estimate of drug-likeness (QED) is 0.743. The molecule has 0 radical (unpaired) electrons. The van der Waals surface area contributed by atoms with Crippen molar-refractivity contribution >= 4 is 23.2 Å². The molecule has 0 spiro atoms. The number of benzene rings is 2. The minimum Gasteiger partial charge on any atom is -0.313 e. The van der Waals surface area contributed by atoms with Crippen LogP contribution in [-0.4, -0.2) is 12.6 Å². The number of nitrogens with one attached hydrogen (secondary N) is 1. The molecule has 1 fully saturated rings. The van der Waals surface area contributed by atoms with Crippen molar-refractivity contribution in [2.45, 2.75) is 43.6 Å². The summed E-state index contributed by atoms with van der Waals surface area (Å²) in [6.45, 7) is 1.11. The number of halogens is 2. The zero-order valence-corrected chi connectivity index (χ0v) is 14.6. The van der Waals surface area contributed by atoms with Gasteiger partial charge in [0.25, 0.3) is 0 Å². The average molecular weight is 346 g/mol. The Bertz CT molecular complexity index is 709. The van der Waals surface area contributed by atoms with Gasteiger partial charge in [-0.15, -0.1) is 0 Å². The van der Waals surface area contributed by atoms with E-state index in [2.05, 4.69) is 35.6 Å². The van der Waals surface area contributed by atoms with Crippen molar-refractivity contribution in [3.63, 3.8) is 0 Å². The fourth-order valence-corrected chi connectivity index (χ4v) is 4.07. The van der Waals surface area contributed by atoms with E-state index in [9.17, 15) is 0 Å². The Kier molecular flexibility index (Phi) is 4.36. The number of hydrogen-bond donors (Lipinski definition) is 1. The Balaban J connectivity index is 1.63. The van der Waals surface area contributed by atoms with Gasteiger partial charge in [-0.3, -0.25) is 0 Å². The van der Waals surface area contributed by atoms with Crippen molar-refractivity contribution in [1.82, 2.24) is 5.32 Å². The maximum Gasteiger partial charge on any atom is 0.0595 e. The van der Waals surface area contributed by atoms with Crippen molar-refractivity contribution in [2.75, 3.05) is 6.54 Å². The molecule has 23 heavy (non-hydrogen) atoms. The second-order valence-electron chi connectivity index (χ2n) is 6.81. The standard InChI is InChI=1S/C20H21Cl2N/c21-19-10-6-13(11-20(19)22)17-9-5-14(12-23-15-7-8-15)16-3-1-2-4-18(16)17/h1-4,6,10-11,14-15,17,23H,5,7-9,12H2/t14-,17+/m1/s1. The van der Waals surface area contributed by atoms with Gasteiger partial charge in [0.05, 0.1) is 10.0 Å². The highest BCUT2D eigenvalue weighted by molar-refractivity contribution is 6.42. The van der Waals surface area contributed by atoms with Gasteiger partial charge in [0.15, 0.2) is 0 Å². The number of rotatable bonds is 4. The molecule has 0 heterocycles. The van der Waals surface area contributed by atoms with Crippen LogP contribution in [0, 0.1) is 0 Å². The number of fused-ring (bicyclic) bond motifs is 1. The third kappa shape index (κ3) is 3.28. The molecule has 1 N–H and O–H groups in total. The lowest BCUT2D eigenvalue weighted by molar-refractivity contribution is 0.482. The van der Waals surface area contributed by atoms with E-state index in [0.29, 0.717) is 21.9 Å². The molecule has 1 nitrogen and oxygen atoms in total. The van der Waals surface area contributed by atoms with Crippen LogP contribution >= 0.6 is 23.2 Å². The molecule has 4 rings (SSSR count). The predicted molar refractivity (Wildman–Crippen MR) is 97.7 cm³/mol. The molecule has 2 aromatic rings. The third-order valence-electron chi connectivity index (χ3n) is 5.19. The van der Waals surface area contributed by atoms with Gasteiger partial charge in [0, 0.05) is 18.5 Å². The van der Waals surface area contributed by atoms with Crippen LogP contribution in [0.3, 0.4) is 0 Å². The lowest BCUT2D eigenvalue weighted by Crippen LogP contribution is -2.27. The maximum atomic E-state index is 6.24.